The maximum Gasteiger partial charge on any atom is 0.335 e. The van der Waals surface area contributed by atoms with Gasteiger partial charge in [-0.15, -0.1) is 0 Å². The van der Waals surface area contributed by atoms with E-state index in [-0.39, 0.29) is 5.56 Å². The van der Waals surface area contributed by atoms with Crippen LogP contribution in [0.4, 0.5) is 5.69 Å². The topological polar surface area (TPSA) is 102 Å². The first kappa shape index (κ1) is 14.4. The van der Waals surface area contributed by atoms with E-state index in [4.69, 9.17) is 10.5 Å². The molecule has 2 aromatic carbocycles. The molecule has 112 valence electrons. The molecule has 0 radical (unpaired) electrons. The molecule has 6 heteroatoms. The number of nitrogens with zero attached hydrogens (tertiary/aromatic N) is 2. The molecule has 0 aliphatic carbocycles. The van der Waals surface area contributed by atoms with E-state index in [1.54, 1.807) is 12.1 Å². The van der Waals surface area contributed by atoms with Crippen molar-refractivity contribution in [3.05, 3.63) is 59.9 Å². The predicted molar refractivity (Wildman–Crippen MR) is 88.8 cm³/mol. The Kier molecular flexibility index (Phi) is 3.82. The predicted octanol–water partition coefficient (Wildman–Crippen LogP) is 3.30. The van der Waals surface area contributed by atoms with Crippen molar-refractivity contribution in [2.45, 2.75) is 0 Å². The monoisotopic (exact) mass is 304 g/mol. The molecule has 0 aliphatic rings. The number of nitrogens with one attached hydrogen (secondary N) is 2. The molecular formula is C17H12N4O2. The van der Waals surface area contributed by atoms with Crippen molar-refractivity contribution in [3.8, 4) is 0 Å². The van der Waals surface area contributed by atoms with Gasteiger partial charge in [-0.05, 0) is 36.2 Å². The lowest BCUT2D eigenvalue weighted by Gasteiger charge is -1.97. The van der Waals surface area contributed by atoms with E-state index in [0.717, 1.165) is 11.0 Å². The molecule has 3 N–H and O–H groups in total. The molecule has 0 bridgehead atoms. The van der Waals surface area contributed by atoms with Gasteiger partial charge in [0.05, 0.1) is 27.9 Å². The smallest absolute Gasteiger partial charge is 0.335 e. The van der Waals surface area contributed by atoms with Crippen molar-refractivity contribution in [2.75, 3.05) is 0 Å². The van der Waals surface area contributed by atoms with E-state index in [1.165, 1.54) is 18.3 Å². The first-order chi connectivity index (χ1) is 11.2. The second-order valence-electron chi connectivity index (χ2n) is 4.75. The number of aromatic nitrogens is 2. The Labute approximate surface area is 131 Å². The zero-order chi connectivity index (χ0) is 16.2. The second kappa shape index (κ2) is 6.09. The van der Waals surface area contributed by atoms with Crippen molar-refractivity contribution in [1.29, 1.82) is 5.41 Å². The normalized spacial score (nSPS) is 10.8. The number of carbonyl (C=O) groups is 1. The third kappa shape index (κ3) is 3.07. The molecule has 0 atom stereocenters. The summed E-state index contributed by atoms with van der Waals surface area (Å²) < 4.78 is 0. The number of aromatic amines is 1. The van der Waals surface area contributed by atoms with Gasteiger partial charge >= 0.3 is 5.97 Å². The number of aromatic carboxylic acids is 1. The van der Waals surface area contributed by atoms with Gasteiger partial charge in [0.15, 0.2) is 0 Å². The van der Waals surface area contributed by atoms with E-state index in [1.807, 2.05) is 24.3 Å². The van der Waals surface area contributed by atoms with Crippen LogP contribution in [0.3, 0.4) is 0 Å². The number of para-hydroxylation sites is 2. The summed E-state index contributed by atoms with van der Waals surface area (Å²) in [6.45, 7) is 0. The van der Waals surface area contributed by atoms with E-state index in [9.17, 15) is 4.79 Å². The Morgan fingerprint density at radius 1 is 1.26 bits per heavy atom. The van der Waals surface area contributed by atoms with Gasteiger partial charge in [0.25, 0.3) is 0 Å². The summed E-state index contributed by atoms with van der Waals surface area (Å²) in [5, 5.41) is 16.4. The first-order valence-electron chi connectivity index (χ1n) is 6.79. The molecule has 23 heavy (non-hydrogen) atoms. The van der Waals surface area contributed by atoms with Crippen LogP contribution in [0.2, 0.25) is 0 Å². The number of hydrogen-bond donors (Lipinski definition) is 3. The summed E-state index contributed by atoms with van der Waals surface area (Å²) in [6, 6.07) is 13.8. The number of carboxylic acids is 1. The number of aliphatic imine (C=N–C) groups is 1. The number of rotatable bonds is 4. The molecule has 3 aromatic rings. The minimum absolute atomic E-state index is 0.156. The summed E-state index contributed by atoms with van der Waals surface area (Å²) in [5.74, 6) is 1.77. The van der Waals surface area contributed by atoms with Crippen LogP contribution in [0.1, 0.15) is 16.2 Å². The highest BCUT2D eigenvalue weighted by Gasteiger charge is 2.06. The number of hydrogen-bond acceptors (Lipinski definition) is 4. The number of benzene rings is 2. The Hall–Kier alpha value is -3.50. The van der Waals surface area contributed by atoms with Crippen molar-refractivity contribution >= 4 is 40.3 Å². The van der Waals surface area contributed by atoms with Gasteiger partial charge in [0.2, 0.25) is 0 Å². The average molecular weight is 304 g/mol. The van der Waals surface area contributed by atoms with Crippen LogP contribution in [0.5, 0.6) is 0 Å². The standard InChI is InChI=1S/C17H12N4O2/c18-9-12(16-20-14-6-1-2-7-15(14)21-16)10-19-13-5-3-4-11(8-13)17(22)23/h1-8,10,18H,(H,20,21)(H,22,23). The Bertz CT molecular complexity index is 932. The molecule has 0 amide bonds. The molecule has 1 aromatic heterocycles. The molecule has 0 unspecified atom stereocenters. The zero-order valence-electron chi connectivity index (χ0n) is 11.9. The van der Waals surface area contributed by atoms with Gasteiger partial charge in [-0.2, -0.15) is 0 Å². The molecular weight excluding hydrogens is 292 g/mol. The second-order valence-corrected chi connectivity index (χ2v) is 4.75. The Balaban J connectivity index is 1.92. The molecule has 0 saturated carbocycles. The van der Waals surface area contributed by atoms with Crippen LogP contribution in [-0.4, -0.2) is 33.1 Å². The lowest BCUT2D eigenvalue weighted by atomic mass is 10.2. The number of allylic oxidation sites excluding steroid dienone is 1. The molecule has 0 fully saturated rings. The van der Waals surface area contributed by atoms with Crippen LogP contribution < -0.4 is 0 Å². The lowest BCUT2D eigenvalue weighted by Crippen LogP contribution is -1.94. The first-order valence-corrected chi connectivity index (χ1v) is 6.79. The summed E-state index contributed by atoms with van der Waals surface area (Å²) >= 11 is 0. The van der Waals surface area contributed by atoms with Gasteiger partial charge in [0, 0.05) is 6.21 Å². The minimum Gasteiger partial charge on any atom is -0.478 e. The number of imidazole rings is 1. The molecule has 0 saturated heterocycles. The van der Waals surface area contributed by atoms with E-state index >= 15 is 0 Å². The van der Waals surface area contributed by atoms with Gasteiger partial charge in [-0.1, -0.05) is 18.2 Å². The van der Waals surface area contributed by atoms with E-state index < -0.39 is 5.97 Å². The largest absolute Gasteiger partial charge is 0.478 e. The minimum atomic E-state index is -1.01. The molecule has 3 rings (SSSR count). The van der Waals surface area contributed by atoms with Crippen LogP contribution in [0, 0.1) is 5.41 Å². The number of carboxylic acid groups (broad SMARTS) is 1. The fraction of sp³-hybridized carbons (Fsp3) is 0. The van der Waals surface area contributed by atoms with Crippen LogP contribution in [-0.2, 0) is 0 Å². The summed E-state index contributed by atoms with van der Waals surface area (Å²) in [4.78, 5) is 22.6. The third-order valence-electron chi connectivity index (χ3n) is 3.21. The highest BCUT2D eigenvalue weighted by Crippen LogP contribution is 2.17. The van der Waals surface area contributed by atoms with Crippen molar-refractivity contribution < 1.29 is 9.90 Å². The number of H-pyrrole nitrogens is 1. The van der Waals surface area contributed by atoms with E-state index in [2.05, 4.69) is 20.8 Å². The Morgan fingerprint density at radius 2 is 2.09 bits per heavy atom. The van der Waals surface area contributed by atoms with Gasteiger partial charge in [0.1, 0.15) is 5.82 Å². The van der Waals surface area contributed by atoms with Gasteiger partial charge in [-0.25, -0.2) is 9.78 Å². The number of fused-ring (bicyclic) bond motifs is 1. The van der Waals surface area contributed by atoms with E-state index in [0.29, 0.717) is 17.1 Å². The van der Waals surface area contributed by atoms with Crippen LogP contribution in [0.25, 0.3) is 16.6 Å². The third-order valence-corrected chi connectivity index (χ3v) is 3.21. The summed E-state index contributed by atoms with van der Waals surface area (Å²) in [7, 11) is 0. The maximum atomic E-state index is 11.0. The molecule has 6 nitrogen and oxygen atoms in total. The van der Waals surface area contributed by atoms with Crippen LogP contribution in [0.15, 0.2) is 53.5 Å². The quantitative estimate of drug-likeness (QED) is 0.644. The molecule has 1 heterocycles. The summed E-state index contributed by atoms with van der Waals surface area (Å²) in [6.07, 6.45) is 1.44. The zero-order valence-corrected chi connectivity index (χ0v) is 11.9. The molecule has 0 aliphatic heterocycles. The highest BCUT2D eigenvalue weighted by molar-refractivity contribution is 6.20. The van der Waals surface area contributed by atoms with Crippen molar-refractivity contribution in [2.24, 2.45) is 4.99 Å². The van der Waals surface area contributed by atoms with Gasteiger partial charge in [-0.3, -0.25) is 10.4 Å². The highest BCUT2D eigenvalue weighted by atomic mass is 16.4. The van der Waals surface area contributed by atoms with Crippen LogP contribution >= 0.6 is 0 Å². The van der Waals surface area contributed by atoms with Gasteiger partial charge < -0.3 is 10.1 Å². The Morgan fingerprint density at radius 3 is 2.83 bits per heavy atom. The average Bonchev–Trinajstić information content (AvgIpc) is 2.99. The fourth-order valence-electron chi connectivity index (χ4n) is 2.09. The summed E-state index contributed by atoms with van der Waals surface area (Å²) in [5.41, 5.74) is 2.66. The maximum absolute atomic E-state index is 11.0. The lowest BCUT2D eigenvalue weighted by molar-refractivity contribution is 0.0697. The van der Waals surface area contributed by atoms with Crippen molar-refractivity contribution in [3.63, 3.8) is 0 Å². The SMILES string of the molecule is N=C=C(C=Nc1cccc(C(=O)O)c1)c1nc2ccccc2[nH]1. The molecule has 0 spiro atoms. The fourth-order valence-corrected chi connectivity index (χ4v) is 2.09. The van der Waals surface area contributed by atoms with Crippen molar-refractivity contribution in [1.82, 2.24) is 9.97 Å².